The van der Waals surface area contributed by atoms with E-state index in [0.29, 0.717) is 6.42 Å². The van der Waals surface area contributed by atoms with Crippen molar-refractivity contribution in [1.29, 1.82) is 0 Å². The third-order valence-electron chi connectivity index (χ3n) is 2.97. The molecule has 20 heavy (non-hydrogen) atoms. The van der Waals surface area contributed by atoms with Crippen molar-refractivity contribution >= 4 is 33.3 Å². The molecular formula is C15H14N2OS2. The molecule has 3 aromatic rings. The Labute approximate surface area is 125 Å². The van der Waals surface area contributed by atoms with Gasteiger partial charge in [0, 0.05) is 11.1 Å². The Kier molecular flexibility index (Phi) is 4.00. The zero-order valence-electron chi connectivity index (χ0n) is 11.0. The van der Waals surface area contributed by atoms with Gasteiger partial charge in [0.15, 0.2) is 4.34 Å². The van der Waals surface area contributed by atoms with Crippen LogP contribution in [0.5, 0.6) is 0 Å². The van der Waals surface area contributed by atoms with E-state index >= 15 is 0 Å². The highest BCUT2D eigenvalue weighted by Gasteiger charge is 2.08. The molecule has 0 fully saturated rings. The predicted molar refractivity (Wildman–Crippen MR) is 83.2 cm³/mol. The normalized spacial score (nSPS) is 12.7. The van der Waals surface area contributed by atoms with Gasteiger partial charge in [-0.1, -0.05) is 30.8 Å². The van der Waals surface area contributed by atoms with E-state index < -0.39 is 6.10 Å². The van der Waals surface area contributed by atoms with Crippen molar-refractivity contribution in [3.63, 3.8) is 0 Å². The second kappa shape index (κ2) is 5.91. The lowest BCUT2D eigenvalue weighted by Crippen LogP contribution is -1.97. The van der Waals surface area contributed by atoms with Crippen molar-refractivity contribution in [2.24, 2.45) is 0 Å². The van der Waals surface area contributed by atoms with Crippen LogP contribution in [0.25, 0.3) is 10.2 Å². The Morgan fingerprint density at radius 2 is 2.10 bits per heavy atom. The maximum absolute atomic E-state index is 9.73. The van der Waals surface area contributed by atoms with Gasteiger partial charge >= 0.3 is 0 Å². The lowest BCUT2D eigenvalue weighted by atomic mass is 10.2. The Balaban J connectivity index is 1.80. The molecule has 5 heteroatoms. The maximum atomic E-state index is 9.73. The minimum Gasteiger partial charge on any atom is -0.387 e. The number of rotatable bonds is 4. The molecule has 2 aromatic heterocycles. The van der Waals surface area contributed by atoms with E-state index in [1.807, 2.05) is 37.3 Å². The van der Waals surface area contributed by atoms with Crippen LogP contribution in [0.3, 0.4) is 0 Å². The number of pyridine rings is 1. The quantitative estimate of drug-likeness (QED) is 0.781. The van der Waals surface area contributed by atoms with Crippen molar-refractivity contribution in [3.05, 3.63) is 48.3 Å². The third-order valence-corrected chi connectivity index (χ3v) is 5.04. The topological polar surface area (TPSA) is 46.0 Å². The molecule has 0 spiro atoms. The number of benzene rings is 1. The van der Waals surface area contributed by atoms with Gasteiger partial charge in [0.25, 0.3) is 0 Å². The molecule has 1 atom stereocenters. The fraction of sp³-hybridized carbons (Fsp3) is 0.200. The standard InChI is InChI=1S/C15H14N2OS2/c1-2-13(18)11-8-7-10(9-16-11)19-15-17-12-5-3-4-6-14(12)20-15/h3-9,13,18H,2H2,1H3/t13-/m1/s1. The molecule has 102 valence electrons. The Bertz CT molecular complexity index is 676. The fourth-order valence-corrected chi connectivity index (χ4v) is 3.86. The van der Waals surface area contributed by atoms with Gasteiger partial charge < -0.3 is 5.11 Å². The number of hydrogen-bond donors (Lipinski definition) is 1. The molecule has 0 amide bonds. The summed E-state index contributed by atoms with van der Waals surface area (Å²) in [6.07, 6.45) is 2.00. The van der Waals surface area contributed by atoms with Crippen LogP contribution >= 0.6 is 23.1 Å². The Morgan fingerprint density at radius 1 is 1.25 bits per heavy atom. The van der Waals surface area contributed by atoms with Gasteiger partial charge in [-0.05, 0) is 30.7 Å². The van der Waals surface area contributed by atoms with Gasteiger partial charge in [0.05, 0.1) is 22.0 Å². The number of hydrogen-bond acceptors (Lipinski definition) is 5. The van der Waals surface area contributed by atoms with Gasteiger partial charge in [0.2, 0.25) is 0 Å². The summed E-state index contributed by atoms with van der Waals surface area (Å²) < 4.78 is 2.21. The van der Waals surface area contributed by atoms with Crippen LogP contribution in [0.1, 0.15) is 25.1 Å². The monoisotopic (exact) mass is 302 g/mol. The van der Waals surface area contributed by atoms with E-state index in [4.69, 9.17) is 0 Å². The molecule has 0 bridgehead atoms. The summed E-state index contributed by atoms with van der Waals surface area (Å²) in [5.74, 6) is 0. The number of aliphatic hydroxyl groups is 1. The van der Waals surface area contributed by atoms with Gasteiger partial charge in [-0.15, -0.1) is 11.3 Å². The van der Waals surface area contributed by atoms with Crippen LogP contribution in [0.15, 0.2) is 51.8 Å². The average Bonchev–Trinajstić information content (AvgIpc) is 2.89. The molecule has 0 aliphatic heterocycles. The fourth-order valence-electron chi connectivity index (χ4n) is 1.85. The smallest absolute Gasteiger partial charge is 0.155 e. The van der Waals surface area contributed by atoms with Crippen LogP contribution < -0.4 is 0 Å². The molecule has 0 aliphatic rings. The van der Waals surface area contributed by atoms with E-state index in [1.54, 1.807) is 29.3 Å². The van der Waals surface area contributed by atoms with Gasteiger partial charge in [-0.2, -0.15) is 0 Å². The lowest BCUT2D eigenvalue weighted by Gasteiger charge is -2.06. The summed E-state index contributed by atoms with van der Waals surface area (Å²) >= 11 is 3.29. The molecule has 1 aromatic carbocycles. The minimum absolute atomic E-state index is 0.475. The SMILES string of the molecule is CC[C@@H](O)c1ccc(Sc2nc3ccccc3s2)cn1. The molecule has 0 aliphatic carbocycles. The van der Waals surface area contributed by atoms with Crippen molar-refractivity contribution < 1.29 is 5.11 Å². The number of aliphatic hydroxyl groups excluding tert-OH is 1. The molecule has 1 N–H and O–H groups in total. The minimum atomic E-state index is -0.475. The number of thiazole rings is 1. The first-order chi connectivity index (χ1) is 9.76. The number of aromatic nitrogens is 2. The second-order valence-electron chi connectivity index (χ2n) is 4.39. The average molecular weight is 302 g/mol. The van der Waals surface area contributed by atoms with Crippen molar-refractivity contribution in [2.45, 2.75) is 28.7 Å². The van der Waals surface area contributed by atoms with Crippen molar-refractivity contribution in [1.82, 2.24) is 9.97 Å². The number of nitrogens with zero attached hydrogens (tertiary/aromatic N) is 2. The highest BCUT2D eigenvalue weighted by atomic mass is 32.2. The van der Waals surface area contributed by atoms with E-state index in [-0.39, 0.29) is 0 Å². The van der Waals surface area contributed by atoms with E-state index in [9.17, 15) is 5.11 Å². The van der Waals surface area contributed by atoms with Crippen LogP contribution in [0, 0.1) is 0 Å². The predicted octanol–water partition coefficient (Wildman–Crippen LogP) is 4.29. The number of fused-ring (bicyclic) bond motifs is 1. The van der Waals surface area contributed by atoms with E-state index in [2.05, 4.69) is 16.0 Å². The first-order valence-corrected chi connectivity index (χ1v) is 8.07. The first-order valence-electron chi connectivity index (χ1n) is 6.43. The van der Waals surface area contributed by atoms with Crippen LogP contribution in [0.2, 0.25) is 0 Å². The molecule has 0 radical (unpaired) electrons. The van der Waals surface area contributed by atoms with Gasteiger partial charge in [0.1, 0.15) is 0 Å². The summed E-state index contributed by atoms with van der Waals surface area (Å²) in [6.45, 7) is 1.94. The summed E-state index contributed by atoms with van der Waals surface area (Å²) in [5, 5.41) is 9.73. The van der Waals surface area contributed by atoms with Crippen molar-refractivity contribution in [3.8, 4) is 0 Å². The van der Waals surface area contributed by atoms with E-state index in [0.717, 1.165) is 20.4 Å². The van der Waals surface area contributed by atoms with Gasteiger partial charge in [-0.25, -0.2) is 4.98 Å². The summed E-state index contributed by atoms with van der Waals surface area (Å²) in [4.78, 5) is 9.93. The van der Waals surface area contributed by atoms with Crippen LogP contribution in [0.4, 0.5) is 0 Å². The molecule has 0 saturated carbocycles. The van der Waals surface area contributed by atoms with Crippen LogP contribution in [-0.4, -0.2) is 15.1 Å². The molecule has 0 saturated heterocycles. The molecule has 2 heterocycles. The third kappa shape index (κ3) is 2.85. The molecule has 3 nitrogen and oxygen atoms in total. The highest BCUT2D eigenvalue weighted by molar-refractivity contribution is 8.01. The summed E-state index contributed by atoms with van der Waals surface area (Å²) in [5.41, 5.74) is 1.76. The molecule has 3 rings (SSSR count). The van der Waals surface area contributed by atoms with Crippen molar-refractivity contribution in [2.75, 3.05) is 0 Å². The largest absolute Gasteiger partial charge is 0.387 e. The molecular weight excluding hydrogens is 288 g/mol. The lowest BCUT2D eigenvalue weighted by molar-refractivity contribution is 0.169. The zero-order valence-corrected chi connectivity index (χ0v) is 12.6. The summed E-state index contributed by atoms with van der Waals surface area (Å²) in [7, 11) is 0. The molecule has 0 unspecified atom stereocenters. The van der Waals surface area contributed by atoms with E-state index in [1.165, 1.54) is 4.70 Å². The second-order valence-corrected chi connectivity index (χ2v) is 6.74. The highest BCUT2D eigenvalue weighted by Crippen LogP contribution is 2.34. The number of para-hydroxylation sites is 1. The van der Waals surface area contributed by atoms with Crippen LogP contribution in [-0.2, 0) is 0 Å². The van der Waals surface area contributed by atoms with Gasteiger partial charge in [-0.3, -0.25) is 4.98 Å². The Morgan fingerprint density at radius 3 is 2.80 bits per heavy atom. The Hall–Kier alpha value is -1.43. The first kappa shape index (κ1) is 13.5. The zero-order chi connectivity index (χ0) is 13.9. The maximum Gasteiger partial charge on any atom is 0.155 e. The summed E-state index contributed by atoms with van der Waals surface area (Å²) in [6, 6.07) is 12.0.